The second-order valence-electron chi connectivity index (χ2n) is 4.60. The zero-order valence-electron chi connectivity index (χ0n) is 11.6. The average Bonchev–Trinajstić information content (AvgIpc) is 2.54. The molecule has 0 bridgehead atoms. The maximum absolute atomic E-state index is 14.0. The van der Waals surface area contributed by atoms with Crippen LogP contribution < -0.4 is 5.43 Å². The predicted molar refractivity (Wildman–Crippen MR) is 79.2 cm³/mol. The molecule has 0 aliphatic heterocycles. The van der Waals surface area contributed by atoms with E-state index in [2.05, 4.69) is 4.74 Å². The summed E-state index contributed by atoms with van der Waals surface area (Å²) < 4.78 is 24.3. The molecular weight excluding hydrogens is 287 g/mol. The SMILES string of the molecule is COC(=O)c1c(-c2ccccc2F)oc2ccccc2c1=O. The van der Waals surface area contributed by atoms with Crippen LogP contribution in [0.3, 0.4) is 0 Å². The quantitative estimate of drug-likeness (QED) is 0.680. The summed E-state index contributed by atoms with van der Waals surface area (Å²) in [6.45, 7) is 0. The molecule has 0 amide bonds. The number of halogens is 1. The minimum atomic E-state index is -0.863. The van der Waals surface area contributed by atoms with E-state index in [1.807, 2.05) is 0 Å². The highest BCUT2D eigenvalue weighted by molar-refractivity contribution is 5.99. The van der Waals surface area contributed by atoms with Gasteiger partial charge in [-0.3, -0.25) is 4.79 Å². The maximum Gasteiger partial charge on any atom is 0.345 e. The van der Waals surface area contributed by atoms with Crippen LogP contribution in [-0.4, -0.2) is 13.1 Å². The Morgan fingerprint density at radius 1 is 1.09 bits per heavy atom. The molecule has 0 spiro atoms. The Hall–Kier alpha value is -2.95. The van der Waals surface area contributed by atoms with E-state index in [1.54, 1.807) is 30.3 Å². The van der Waals surface area contributed by atoms with E-state index in [4.69, 9.17) is 4.42 Å². The van der Waals surface area contributed by atoms with Crippen LogP contribution >= 0.6 is 0 Å². The average molecular weight is 298 g/mol. The molecule has 0 saturated carbocycles. The first-order valence-electron chi connectivity index (χ1n) is 6.52. The second kappa shape index (κ2) is 5.44. The van der Waals surface area contributed by atoms with Crippen LogP contribution in [0.25, 0.3) is 22.3 Å². The van der Waals surface area contributed by atoms with E-state index >= 15 is 0 Å². The van der Waals surface area contributed by atoms with Crippen molar-refractivity contribution in [2.75, 3.05) is 7.11 Å². The van der Waals surface area contributed by atoms with Crippen molar-refractivity contribution in [3.05, 3.63) is 70.1 Å². The first-order valence-corrected chi connectivity index (χ1v) is 6.52. The Labute approximate surface area is 124 Å². The molecule has 3 aromatic rings. The molecule has 0 saturated heterocycles. The summed E-state index contributed by atoms with van der Waals surface area (Å²) in [7, 11) is 1.15. The van der Waals surface area contributed by atoms with Crippen molar-refractivity contribution < 1.29 is 18.3 Å². The van der Waals surface area contributed by atoms with Gasteiger partial charge in [-0.15, -0.1) is 0 Å². The topological polar surface area (TPSA) is 56.5 Å². The largest absolute Gasteiger partial charge is 0.465 e. The summed E-state index contributed by atoms with van der Waals surface area (Å²) in [6, 6.07) is 12.2. The Morgan fingerprint density at radius 3 is 2.50 bits per heavy atom. The lowest BCUT2D eigenvalue weighted by Gasteiger charge is -2.09. The monoisotopic (exact) mass is 298 g/mol. The minimum absolute atomic E-state index is 0.0331. The van der Waals surface area contributed by atoms with Gasteiger partial charge >= 0.3 is 5.97 Å². The molecule has 0 N–H and O–H groups in total. The molecule has 0 aliphatic carbocycles. The smallest absolute Gasteiger partial charge is 0.345 e. The standard InChI is InChI=1S/C17H11FO4/c1-21-17(20)14-15(19)11-7-3-5-9-13(11)22-16(14)10-6-2-4-8-12(10)18/h2-9H,1H3. The summed E-state index contributed by atoms with van der Waals surface area (Å²) in [5.41, 5.74) is -0.553. The first-order chi connectivity index (χ1) is 10.6. The normalized spacial score (nSPS) is 10.6. The Morgan fingerprint density at radius 2 is 1.77 bits per heavy atom. The molecule has 0 radical (unpaired) electrons. The van der Waals surface area contributed by atoms with Gasteiger partial charge in [0.2, 0.25) is 5.43 Å². The summed E-state index contributed by atoms with van der Waals surface area (Å²) in [4.78, 5) is 24.5. The van der Waals surface area contributed by atoms with Crippen molar-refractivity contribution in [3.8, 4) is 11.3 Å². The fourth-order valence-electron chi connectivity index (χ4n) is 2.26. The zero-order chi connectivity index (χ0) is 15.7. The predicted octanol–water partition coefficient (Wildman–Crippen LogP) is 3.39. The fourth-order valence-corrected chi connectivity index (χ4v) is 2.26. The first kappa shape index (κ1) is 14.0. The highest BCUT2D eigenvalue weighted by Gasteiger charge is 2.24. The molecule has 3 rings (SSSR count). The van der Waals surface area contributed by atoms with Crippen LogP contribution in [0.2, 0.25) is 0 Å². The van der Waals surface area contributed by atoms with Gasteiger partial charge in [-0.2, -0.15) is 0 Å². The lowest BCUT2D eigenvalue weighted by atomic mass is 10.0. The molecular formula is C17H11FO4. The highest BCUT2D eigenvalue weighted by Crippen LogP contribution is 2.28. The van der Waals surface area contributed by atoms with Gasteiger partial charge in [0.1, 0.15) is 11.4 Å². The number of para-hydroxylation sites is 1. The van der Waals surface area contributed by atoms with Crippen LogP contribution in [0.1, 0.15) is 10.4 Å². The molecule has 0 atom stereocenters. The van der Waals surface area contributed by atoms with E-state index < -0.39 is 17.2 Å². The van der Waals surface area contributed by atoms with Gasteiger partial charge in [0.25, 0.3) is 0 Å². The number of hydrogen-bond acceptors (Lipinski definition) is 4. The van der Waals surface area contributed by atoms with Gasteiger partial charge in [-0.1, -0.05) is 24.3 Å². The van der Waals surface area contributed by atoms with E-state index in [9.17, 15) is 14.0 Å². The van der Waals surface area contributed by atoms with Crippen molar-refractivity contribution in [2.24, 2.45) is 0 Å². The third-order valence-corrected chi connectivity index (χ3v) is 3.31. The number of ether oxygens (including phenoxy) is 1. The number of rotatable bonds is 2. The molecule has 4 nitrogen and oxygen atoms in total. The Bertz CT molecular complexity index is 927. The van der Waals surface area contributed by atoms with E-state index in [0.717, 1.165) is 7.11 Å². The summed E-state index contributed by atoms with van der Waals surface area (Å²) in [5.74, 6) is -1.59. The molecule has 0 fully saturated rings. The van der Waals surface area contributed by atoms with Crippen LogP contribution in [0.5, 0.6) is 0 Å². The van der Waals surface area contributed by atoms with Crippen LogP contribution in [0, 0.1) is 5.82 Å². The molecule has 2 aromatic carbocycles. The molecule has 5 heteroatoms. The number of esters is 1. The zero-order valence-corrected chi connectivity index (χ0v) is 11.6. The number of carbonyl (C=O) groups is 1. The molecule has 22 heavy (non-hydrogen) atoms. The van der Waals surface area contributed by atoms with Gasteiger partial charge in [0.05, 0.1) is 18.1 Å². The lowest BCUT2D eigenvalue weighted by Crippen LogP contribution is -2.18. The van der Waals surface area contributed by atoms with Gasteiger partial charge in [-0.05, 0) is 24.3 Å². The number of fused-ring (bicyclic) bond motifs is 1. The summed E-state index contributed by atoms with van der Waals surface area (Å²) >= 11 is 0. The third-order valence-electron chi connectivity index (χ3n) is 3.31. The number of carbonyl (C=O) groups excluding carboxylic acids is 1. The molecule has 0 aliphatic rings. The van der Waals surface area contributed by atoms with Gasteiger partial charge in [0.15, 0.2) is 11.3 Å². The fraction of sp³-hybridized carbons (Fsp3) is 0.0588. The Balaban J connectivity index is 2.45. The second-order valence-corrected chi connectivity index (χ2v) is 4.60. The Kier molecular flexibility index (Phi) is 3.47. The summed E-state index contributed by atoms with van der Waals surface area (Å²) in [6.07, 6.45) is 0. The van der Waals surface area contributed by atoms with Crippen LogP contribution in [-0.2, 0) is 4.74 Å². The van der Waals surface area contributed by atoms with E-state index in [0.29, 0.717) is 0 Å². The van der Waals surface area contributed by atoms with Crippen LogP contribution in [0.4, 0.5) is 4.39 Å². The number of benzene rings is 2. The van der Waals surface area contributed by atoms with Crippen molar-refractivity contribution in [2.45, 2.75) is 0 Å². The summed E-state index contributed by atoms with van der Waals surface area (Å²) in [5, 5.41) is 0.239. The maximum atomic E-state index is 14.0. The molecule has 1 aromatic heterocycles. The number of hydrogen-bond donors (Lipinski definition) is 0. The van der Waals surface area contributed by atoms with Gasteiger partial charge < -0.3 is 9.15 Å². The molecule has 0 unspecified atom stereocenters. The highest BCUT2D eigenvalue weighted by atomic mass is 19.1. The minimum Gasteiger partial charge on any atom is -0.465 e. The number of methoxy groups -OCH3 is 1. The van der Waals surface area contributed by atoms with Crippen molar-refractivity contribution in [1.82, 2.24) is 0 Å². The van der Waals surface area contributed by atoms with Gasteiger partial charge in [0, 0.05) is 0 Å². The van der Waals surface area contributed by atoms with Gasteiger partial charge in [-0.25, -0.2) is 9.18 Å². The third kappa shape index (κ3) is 2.16. The van der Waals surface area contributed by atoms with Crippen molar-refractivity contribution in [3.63, 3.8) is 0 Å². The van der Waals surface area contributed by atoms with E-state index in [-0.39, 0.29) is 27.9 Å². The molecule has 110 valence electrons. The van der Waals surface area contributed by atoms with Crippen LogP contribution in [0.15, 0.2) is 57.7 Å². The van der Waals surface area contributed by atoms with Crippen molar-refractivity contribution in [1.29, 1.82) is 0 Å². The van der Waals surface area contributed by atoms with E-state index in [1.165, 1.54) is 18.2 Å². The molecule has 1 heterocycles. The van der Waals surface area contributed by atoms with Crippen molar-refractivity contribution >= 4 is 16.9 Å². The lowest BCUT2D eigenvalue weighted by molar-refractivity contribution is 0.0598.